The van der Waals surface area contributed by atoms with Crippen LogP contribution in [0.1, 0.15) is 11.1 Å². The van der Waals surface area contributed by atoms with Crippen molar-refractivity contribution in [3.05, 3.63) is 96.1 Å². The molecular weight excluding hydrogens is 364 g/mol. The Morgan fingerprint density at radius 3 is 1.30 bits per heavy atom. The Kier molecular flexibility index (Phi) is 3.33. The van der Waals surface area contributed by atoms with Crippen molar-refractivity contribution in [1.82, 2.24) is 0 Å². The van der Waals surface area contributed by atoms with Crippen molar-refractivity contribution in [3.8, 4) is 12.1 Å². The van der Waals surface area contributed by atoms with Gasteiger partial charge < -0.3 is 0 Å². The van der Waals surface area contributed by atoms with Crippen LogP contribution in [0.3, 0.4) is 0 Å². The summed E-state index contributed by atoms with van der Waals surface area (Å²) in [5.41, 5.74) is 0.833. The summed E-state index contributed by atoms with van der Waals surface area (Å²) < 4.78 is 0. The van der Waals surface area contributed by atoms with Crippen LogP contribution in [-0.4, -0.2) is 0 Å². The van der Waals surface area contributed by atoms with E-state index >= 15 is 0 Å². The Labute approximate surface area is 172 Å². The van der Waals surface area contributed by atoms with Gasteiger partial charge in [0.15, 0.2) is 0 Å². The van der Waals surface area contributed by atoms with Crippen molar-refractivity contribution < 1.29 is 0 Å². The first kappa shape index (κ1) is 16.5. The van der Waals surface area contributed by atoms with E-state index in [0.29, 0.717) is 11.1 Å². The highest BCUT2D eigenvalue weighted by Crippen LogP contribution is 2.42. The number of hydrogen-bond acceptors (Lipinski definition) is 2. The Morgan fingerprint density at radius 2 is 0.867 bits per heavy atom. The highest BCUT2D eigenvalue weighted by atomic mass is 14.3. The monoisotopic (exact) mass is 378 g/mol. The van der Waals surface area contributed by atoms with Crippen LogP contribution in [0.2, 0.25) is 0 Å². The van der Waals surface area contributed by atoms with Crippen LogP contribution in [0.4, 0.5) is 0 Å². The minimum atomic E-state index is 0.416. The van der Waals surface area contributed by atoms with E-state index in [1.807, 2.05) is 12.1 Å². The number of rotatable bonds is 0. The zero-order valence-corrected chi connectivity index (χ0v) is 16.0. The van der Waals surface area contributed by atoms with Gasteiger partial charge in [-0.05, 0) is 66.0 Å². The van der Waals surface area contributed by atoms with Gasteiger partial charge in [0.25, 0.3) is 0 Å². The predicted molar refractivity (Wildman–Crippen MR) is 123 cm³/mol. The summed E-state index contributed by atoms with van der Waals surface area (Å²) in [7, 11) is 0. The normalized spacial score (nSPS) is 11.3. The first-order valence-corrected chi connectivity index (χ1v) is 9.83. The molecule has 2 heteroatoms. The summed E-state index contributed by atoms with van der Waals surface area (Å²) >= 11 is 0. The van der Waals surface area contributed by atoms with E-state index in [0.717, 1.165) is 21.5 Å². The average Bonchev–Trinajstić information content (AvgIpc) is 2.82. The molecule has 6 aromatic rings. The molecular formula is C28H14N2. The molecule has 30 heavy (non-hydrogen) atoms. The molecule has 0 radical (unpaired) electrons. The first-order chi connectivity index (χ1) is 14.8. The highest BCUT2D eigenvalue weighted by molar-refractivity contribution is 6.36. The fourth-order valence-electron chi connectivity index (χ4n) is 4.76. The lowest BCUT2D eigenvalue weighted by molar-refractivity contribution is 1.45. The van der Waals surface area contributed by atoms with Gasteiger partial charge in [0.1, 0.15) is 12.1 Å². The fourth-order valence-corrected chi connectivity index (χ4v) is 4.76. The van der Waals surface area contributed by atoms with Gasteiger partial charge in [-0.2, -0.15) is 10.5 Å². The Balaban J connectivity index is 2.04. The first-order valence-electron chi connectivity index (χ1n) is 9.83. The zero-order valence-electron chi connectivity index (χ0n) is 16.0. The Hall–Kier alpha value is -4.40. The van der Waals surface area contributed by atoms with Crippen LogP contribution >= 0.6 is 0 Å². The van der Waals surface area contributed by atoms with E-state index in [9.17, 15) is 10.5 Å². The summed E-state index contributed by atoms with van der Waals surface area (Å²) in [6, 6.07) is 33.6. The molecule has 0 aliphatic carbocycles. The van der Waals surface area contributed by atoms with Gasteiger partial charge in [-0.15, -0.1) is 0 Å². The number of fused-ring (bicyclic) bond motifs is 10. The molecule has 0 aliphatic rings. The van der Waals surface area contributed by atoms with E-state index in [1.54, 1.807) is 0 Å². The highest BCUT2D eigenvalue weighted by Gasteiger charge is 2.16. The summed E-state index contributed by atoms with van der Waals surface area (Å²) in [6.45, 7) is 0. The SMILES string of the molecule is N#Cc1cc2c(cc1C#N)c1ccc3ccccc3c1c1c3ccccc3ccc21. The maximum Gasteiger partial charge on any atom is 0.101 e. The average molecular weight is 378 g/mol. The molecule has 0 aromatic heterocycles. The third kappa shape index (κ3) is 2.11. The van der Waals surface area contributed by atoms with Crippen LogP contribution in [0.25, 0.3) is 53.9 Å². The smallest absolute Gasteiger partial charge is 0.101 e. The molecule has 2 nitrogen and oxygen atoms in total. The van der Waals surface area contributed by atoms with Gasteiger partial charge in [-0.1, -0.05) is 72.8 Å². The van der Waals surface area contributed by atoms with E-state index in [2.05, 4.69) is 84.9 Å². The van der Waals surface area contributed by atoms with E-state index < -0.39 is 0 Å². The molecule has 0 N–H and O–H groups in total. The third-order valence-corrected chi connectivity index (χ3v) is 6.09. The molecule has 0 fully saturated rings. The lowest BCUT2D eigenvalue weighted by atomic mass is 9.87. The van der Waals surface area contributed by atoms with Crippen LogP contribution in [0, 0.1) is 22.7 Å². The topological polar surface area (TPSA) is 47.6 Å². The standard InChI is InChI=1S/C28H14N2/c29-15-19-13-25-23-11-9-17-5-1-3-7-21(17)27(23)28-22-8-4-2-6-18(22)10-12-24(28)26(25)14-20(19)16-30/h1-14H. The maximum absolute atomic E-state index is 9.61. The van der Waals surface area contributed by atoms with Crippen molar-refractivity contribution in [3.63, 3.8) is 0 Å². The number of nitrogens with zero attached hydrogens (tertiary/aromatic N) is 2. The zero-order chi connectivity index (χ0) is 20.2. The lowest BCUT2D eigenvalue weighted by Gasteiger charge is -2.15. The molecule has 6 aromatic carbocycles. The van der Waals surface area contributed by atoms with E-state index in [1.165, 1.54) is 32.3 Å². The van der Waals surface area contributed by atoms with Crippen molar-refractivity contribution in [2.75, 3.05) is 0 Å². The lowest BCUT2D eigenvalue weighted by Crippen LogP contribution is -1.90. The minimum absolute atomic E-state index is 0.416. The van der Waals surface area contributed by atoms with Gasteiger partial charge in [0, 0.05) is 0 Å². The third-order valence-electron chi connectivity index (χ3n) is 6.09. The van der Waals surface area contributed by atoms with Crippen molar-refractivity contribution in [2.45, 2.75) is 0 Å². The van der Waals surface area contributed by atoms with Gasteiger partial charge in [0.2, 0.25) is 0 Å². The van der Waals surface area contributed by atoms with Gasteiger partial charge in [-0.25, -0.2) is 0 Å². The largest absolute Gasteiger partial charge is 0.192 e. The fraction of sp³-hybridized carbons (Fsp3) is 0. The molecule has 0 spiro atoms. The minimum Gasteiger partial charge on any atom is -0.192 e. The van der Waals surface area contributed by atoms with Gasteiger partial charge >= 0.3 is 0 Å². The van der Waals surface area contributed by atoms with Crippen LogP contribution in [0.5, 0.6) is 0 Å². The van der Waals surface area contributed by atoms with E-state index in [4.69, 9.17) is 0 Å². The Bertz CT molecular complexity index is 1630. The second-order valence-corrected chi connectivity index (χ2v) is 7.59. The summed E-state index contributed by atoms with van der Waals surface area (Å²) in [5, 5.41) is 30.6. The summed E-state index contributed by atoms with van der Waals surface area (Å²) in [5.74, 6) is 0. The molecule has 0 heterocycles. The molecule has 136 valence electrons. The molecule has 0 saturated heterocycles. The molecule has 6 rings (SSSR count). The van der Waals surface area contributed by atoms with Gasteiger partial charge in [0.05, 0.1) is 11.1 Å². The molecule has 0 atom stereocenters. The molecule has 0 saturated carbocycles. The predicted octanol–water partition coefficient (Wildman–Crippen LogP) is 7.20. The van der Waals surface area contributed by atoms with Crippen molar-refractivity contribution in [1.29, 1.82) is 10.5 Å². The number of benzene rings is 6. The second-order valence-electron chi connectivity index (χ2n) is 7.59. The molecule has 0 amide bonds. The Morgan fingerprint density at radius 1 is 0.433 bits per heavy atom. The van der Waals surface area contributed by atoms with Crippen molar-refractivity contribution in [2.24, 2.45) is 0 Å². The van der Waals surface area contributed by atoms with Crippen LogP contribution < -0.4 is 0 Å². The van der Waals surface area contributed by atoms with Crippen LogP contribution in [-0.2, 0) is 0 Å². The second kappa shape index (κ2) is 6.05. The number of nitriles is 2. The van der Waals surface area contributed by atoms with Crippen molar-refractivity contribution >= 4 is 53.9 Å². The summed E-state index contributed by atoms with van der Waals surface area (Å²) in [4.78, 5) is 0. The van der Waals surface area contributed by atoms with Gasteiger partial charge in [-0.3, -0.25) is 0 Å². The molecule has 0 bridgehead atoms. The molecule has 0 unspecified atom stereocenters. The summed E-state index contributed by atoms with van der Waals surface area (Å²) in [6.07, 6.45) is 0. The molecule has 0 aliphatic heterocycles. The quantitative estimate of drug-likeness (QED) is 0.262. The number of hydrogen-bond donors (Lipinski definition) is 0. The van der Waals surface area contributed by atoms with Crippen LogP contribution in [0.15, 0.2) is 84.9 Å². The maximum atomic E-state index is 9.61. The van der Waals surface area contributed by atoms with E-state index in [-0.39, 0.29) is 0 Å².